The molecule has 3 nitrogen and oxygen atoms in total. The Labute approximate surface area is 89.2 Å². The zero-order valence-electron chi connectivity index (χ0n) is 8.86. The van der Waals surface area contributed by atoms with Crippen LogP contribution in [0.3, 0.4) is 0 Å². The summed E-state index contributed by atoms with van der Waals surface area (Å²) >= 11 is 0. The van der Waals surface area contributed by atoms with Crippen molar-refractivity contribution in [2.45, 2.75) is 6.92 Å². The van der Waals surface area contributed by atoms with E-state index in [0.29, 0.717) is 0 Å². The predicted molar refractivity (Wildman–Crippen MR) is 61.8 cm³/mol. The van der Waals surface area contributed by atoms with E-state index in [9.17, 15) is 0 Å². The first-order valence-corrected chi connectivity index (χ1v) is 4.85. The second kappa shape index (κ2) is 4.09. The molecule has 0 saturated heterocycles. The third kappa shape index (κ3) is 2.13. The number of pyridine rings is 2. The molecule has 0 radical (unpaired) electrons. The Hall–Kier alpha value is -1.90. The van der Waals surface area contributed by atoms with E-state index in [2.05, 4.69) is 21.4 Å². The summed E-state index contributed by atoms with van der Waals surface area (Å²) in [6, 6.07) is 6.03. The third-order valence-corrected chi connectivity index (χ3v) is 2.22. The lowest BCUT2D eigenvalue weighted by atomic mass is 10.1. The Morgan fingerprint density at radius 3 is 2.80 bits per heavy atom. The molecule has 0 amide bonds. The molecule has 0 unspecified atom stereocenters. The summed E-state index contributed by atoms with van der Waals surface area (Å²) in [5.74, 6) is 0. The molecule has 0 aliphatic carbocycles. The Morgan fingerprint density at radius 2 is 2.07 bits per heavy atom. The molecule has 0 aliphatic heterocycles. The minimum Gasteiger partial charge on any atom is -0.388 e. The van der Waals surface area contributed by atoms with Crippen LogP contribution in [-0.2, 0) is 0 Å². The normalized spacial score (nSPS) is 10.0. The van der Waals surface area contributed by atoms with Gasteiger partial charge in [0, 0.05) is 36.9 Å². The van der Waals surface area contributed by atoms with E-state index in [-0.39, 0.29) is 0 Å². The molecule has 0 aromatic carbocycles. The van der Waals surface area contributed by atoms with Crippen LogP contribution < -0.4 is 5.32 Å². The van der Waals surface area contributed by atoms with Crippen LogP contribution in [0, 0.1) is 6.92 Å². The summed E-state index contributed by atoms with van der Waals surface area (Å²) < 4.78 is 0. The molecule has 2 aromatic heterocycles. The molecule has 2 heterocycles. The molecule has 0 aliphatic rings. The molecular weight excluding hydrogens is 186 g/mol. The molecule has 0 fully saturated rings. The van der Waals surface area contributed by atoms with Gasteiger partial charge in [0.25, 0.3) is 0 Å². The molecule has 0 spiro atoms. The fourth-order valence-corrected chi connectivity index (χ4v) is 1.44. The van der Waals surface area contributed by atoms with Crippen LogP contribution in [0.5, 0.6) is 0 Å². The van der Waals surface area contributed by atoms with E-state index in [1.807, 2.05) is 38.5 Å². The lowest BCUT2D eigenvalue weighted by Gasteiger charge is -2.04. The van der Waals surface area contributed by atoms with Crippen molar-refractivity contribution < 1.29 is 0 Å². The molecule has 3 heteroatoms. The summed E-state index contributed by atoms with van der Waals surface area (Å²) in [6.45, 7) is 2.03. The maximum atomic E-state index is 4.32. The number of hydrogen-bond donors (Lipinski definition) is 1. The van der Waals surface area contributed by atoms with Gasteiger partial charge >= 0.3 is 0 Å². The molecule has 0 bridgehead atoms. The van der Waals surface area contributed by atoms with E-state index < -0.39 is 0 Å². The molecule has 2 rings (SSSR count). The first kappa shape index (κ1) is 9.65. The number of aromatic nitrogens is 2. The largest absolute Gasteiger partial charge is 0.388 e. The third-order valence-electron chi connectivity index (χ3n) is 2.22. The Kier molecular flexibility index (Phi) is 2.63. The van der Waals surface area contributed by atoms with Gasteiger partial charge in [0.15, 0.2) is 0 Å². The summed E-state index contributed by atoms with van der Waals surface area (Å²) in [5, 5.41) is 3.09. The highest BCUT2D eigenvalue weighted by atomic mass is 14.8. The molecule has 0 atom stereocenters. The van der Waals surface area contributed by atoms with Crippen molar-refractivity contribution in [3.05, 3.63) is 42.4 Å². The average molecular weight is 199 g/mol. The lowest BCUT2D eigenvalue weighted by Crippen LogP contribution is -1.91. The highest BCUT2D eigenvalue weighted by Gasteiger charge is 2.00. The molecular formula is C12H13N3. The monoisotopic (exact) mass is 199 g/mol. The number of aryl methyl sites for hydroxylation is 1. The highest BCUT2D eigenvalue weighted by molar-refractivity contribution is 5.63. The zero-order chi connectivity index (χ0) is 10.7. The predicted octanol–water partition coefficient (Wildman–Crippen LogP) is 2.49. The Balaban J connectivity index is 2.44. The van der Waals surface area contributed by atoms with Gasteiger partial charge in [-0.3, -0.25) is 9.97 Å². The maximum absolute atomic E-state index is 4.32. The van der Waals surface area contributed by atoms with Gasteiger partial charge in [-0.25, -0.2) is 0 Å². The first-order valence-electron chi connectivity index (χ1n) is 4.85. The second-order valence-corrected chi connectivity index (χ2v) is 3.43. The quantitative estimate of drug-likeness (QED) is 0.807. The van der Waals surface area contributed by atoms with Gasteiger partial charge in [-0.05, 0) is 30.7 Å². The van der Waals surface area contributed by atoms with Gasteiger partial charge in [-0.15, -0.1) is 0 Å². The minimum atomic E-state index is 0.943. The summed E-state index contributed by atoms with van der Waals surface area (Å²) in [5.41, 5.74) is 4.19. The number of nitrogens with one attached hydrogen (secondary N) is 1. The fraction of sp³-hybridized carbons (Fsp3) is 0.167. The summed E-state index contributed by atoms with van der Waals surface area (Å²) in [4.78, 5) is 8.47. The van der Waals surface area contributed by atoms with Crippen LogP contribution in [0.4, 0.5) is 5.69 Å². The average Bonchev–Trinajstić information content (AvgIpc) is 2.29. The summed E-state index contributed by atoms with van der Waals surface area (Å²) in [6.07, 6.45) is 5.46. The van der Waals surface area contributed by atoms with Crippen LogP contribution >= 0.6 is 0 Å². The number of hydrogen-bond acceptors (Lipinski definition) is 3. The second-order valence-electron chi connectivity index (χ2n) is 3.43. The van der Waals surface area contributed by atoms with Crippen molar-refractivity contribution in [3.63, 3.8) is 0 Å². The topological polar surface area (TPSA) is 37.8 Å². The first-order chi connectivity index (χ1) is 7.29. The van der Waals surface area contributed by atoms with Crippen molar-refractivity contribution in [2.24, 2.45) is 0 Å². The number of nitrogens with zero attached hydrogens (tertiary/aromatic N) is 2. The highest BCUT2D eigenvalue weighted by Crippen LogP contribution is 2.19. The van der Waals surface area contributed by atoms with Crippen LogP contribution in [0.25, 0.3) is 11.3 Å². The van der Waals surface area contributed by atoms with Gasteiger partial charge in [0.2, 0.25) is 0 Å². The SMILES string of the molecule is CNc1ccnc(-c2cncc(C)c2)c1. The van der Waals surface area contributed by atoms with Crippen LogP contribution in [0.15, 0.2) is 36.8 Å². The number of rotatable bonds is 2. The Bertz CT molecular complexity index is 466. The van der Waals surface area contributed by atoms with Crippen molar-refractivity contribution in [1.82, 2.24) is 9.97 Å². The standard InChI is InChI=1S/C12H13N3/c1-9-5-10(8-14-7-9)12-6-11(13-2)3-4-15-12/h3-8H,1-2H3,(H,13,15). The molecule has 15 heavy (non-hydrogen) atoms. The Morgan fingerprint density at radius 1 is 1.20 bits per heavy atom. The van der Waals surface area contributed by atoms with E-state index in [0.717, 1.165) is 22.5 Å². The van der Waals surface area contributed by atoms with Crippen LogP contribution in [0.2, 0.25) is 0 Å². The van der Waals surface area contributed by atoms with E-state index in [4.69, 9.17) is 0 Å². The van der Waals surface area contributed by atoms with Gasteiger partial charge in [0.1, 0.15) is 0 Å². The van der Waals surface area contributed by atoms with Gasteiger partial charge < -0.3 is 5.32 Å². The van der Waals surface area contributed by atoms with Crippen LogP contribution in [-0.4, -0.2) is 17.0 Å². The van der Waals surface area contributed by atoms with Crippen molar-refractivity contribution in [2.75, 3.05) is 12.4 Å². The summed E-state index contributed by atoms with van der Waals surface area (Å²) in [7, 11) is 1.90. The van der Waals surface area contributed by atoms with Crippen molar-refractivity contribution in [1.29, 1.82) is 0 Å². The smallest absolute Gasteiger partial charge is 0.0738 e. The lowest BCUT2D eigenvalue weighted by molar-refractivity contribution is 1.24. The van der Waals surface area contributed by atoms with Crippen molar-refractivity contribution >= 4 is 5.69 Å². The molecule has 2 aromatic rings. The van der Waals surface area contributed by atoms with Gasteiger partial charge in [0.05, 0.1) is 5.69 Å². The van der Waals surface area contributed by atoms with Gasteiger partial charge in [-0.1, -0.05) is 0 Å². The fourth-order valence-electron chi connectivity index (χ4n) is 1.44. The minimum absolute atomic E-state index is 0.943. The van der Waals surface area contributed by atoms with E-state index in [1.54, 1.807) is 6.20 Å². The van der Waals surface area contributed by atoms with Crippen LogP contribution in [0.1, 0.15) is 5.56 Å². The van der Waals surface area contributed by atoms with Crippen molar-refractivity contribution in [3.8, 4) is 11.3 Å². The maximum Gasteiger partial charge on any atom is 0.0738 e. The molecule has 76 valence electrons. The van der Waals surface area contributed by atoms with Gasteiger partial charge in [-0.2, -0.15) is 0 Å². The van der Waals surface area contributed by atoms with E-state index in [1.165, 1.54) is 0 Å². The zero-order valence-corrected chi connectivity index (χ0v) is 8.86. The molecule has 1 N–H and O–H groups in total. The van der Waals surface area contributed by atoms with E-state index >= 15 is 0 Å². The number of anilines is 1. The molecule has 0 saturated carbocycles.